The van der Waals surface area contributed by atoms with Crippen LogP contribution in [0.15, 0.2) is 125 Å². The van der Waals surface area contributed by atoms with Gasteiger partial charge in [0.1, 0.15) is 22.6 Å². The lowest BCUT2D eigenvalue weighted by molar-refractivity contribution is -0.130. The third kappa shape index (κ3) is 5.21. The van der Waals surface area contributed by atoms with E-state index in [4.69, 9.17) is 4.42 Å². The van der Waals surface area contributed by atoms with Gasteiger partial charge in [0, 0.05) is 28.9 Å². The number of rotatable bonds is 7. The van der Waals surface area contributed by atoms with Gasteiger partial charge in [0.05, 0.1) is 11.4 Å². The number of carbonyl (C=O) groups excluding carboxylic acids is 1. The van der Waals surface area contributed by atoms with Gasteiger partial charge in [-0.3, -0.25) is 14.8 Å². The fourth-order valence-corrected chi connectivity index (χ4v) is 3.85. The summed E-state index contributed by atoms with van der Waals surface area (Å²) in [4.78, 5) is 33.7. The molecule has 0 aliphatic heterocycles. The predicted octanol–water partition coefficient (Wildman–Crippen LogP) is 6.04. The number of amides is 1. The third-order valence-electron chi connectivity index (χ3n) is 5.62. The summed E-state index contributed by atoms with van der Waals surface area (Å²) in [5.74, 6) is -1.35. The summed E-state index contributed by atoms with van der Waals surface area (Å²) in [5, 5.41) is 13.6. The normalized spacial score (nSPS) is 11.9. The molecule has 0 atom stereocenters. The number of aliphatic carboxylic acids is 1. The van der Waals surface area contributed by atoms with Gasteiger partial charge in [-0.1, -0.05) is 72.8 Å². The number of hydrogen-bond donors (Lipinski definition) is 2. The highest BCUT2D eigenvalue weighted by Crippen LogP contribution is 2.26. The smallest absolute Gasteiger partial charge is 0.341 e. The topological polar surface area (TPSA) is 105 Å². The average Bonchev–Trinajstić information content (AvgIpc) is 3.36. The van der Waals surface area contributed by atoms with Gasteiger partial charge in [0.25, 0.3) is 5.91 Å². The SMILES string of the molecule is O=C(O)/C(=C\N=C(c1ccccc1)c1ccccc1NC(=O)c1ccccn1)c1cc2ccccc2o1. The summed E-state index contributed by atoms with van der Waals surface area (Å²) in [5.41, 5.74) is 3.10. The molecule has 3 aromatic carbocycles. The van der Waals surface area contributed by atoms with E-state index in [-0.39, 0.29) is 22.9 Å². The zero-order chi connectivity index (χ0) is 25.6. The quantitative estimate of drug-likeness (QED) is 0.215. The first-order chi connectivity index (χ1) is 18.1. The molecule has 37 heavy (non-hydrogen) atoms. The van der Waals surface area contributed by atoms with Crippen LogP contribution >= 0.6 is 0 Å². The number of hydrogen-bond acceptors (Lipinski definition) is 5. The van der Waals surface area contributed by atoms with E-state index in [1.54, 1.807) is 48.7 Å². The summed E-state index contributed by atoms with van der Waals surface area (Å²) in [6.45, 7) is 0. The highest BCUT2D eigenvalue weighted by molar-refractivity contribution is 6.20. The van der Waals surface area contributed by atoms with E-state index >= 15 is 0 Å². The maximum atomic E-state index is 12.8. The molecule has 7 heteroatoms. The van der Waals surface area contributed by atoms with Crippen molar-refractivity contribution in [3.8, 4) is 0 Å². The lowest BCUT2D eigenvalue weighted by Gasteiger charge is -2.13. The van der Waals surface area contributed by atoms with Crippen molar-refractivity contribution in [3.63, 3.8) is 0 Å². The van der Waals surface area contributed by atoms with E-state index in [1.807, 2.05) is 60.7 Å². The van der Waals surface area contributed by atoms with Crippen LogP contribution in [0.25, 0.3) is 16.5 Å². The largest absolute Gasteiger partial charge is 0.477 e. The fourth-order valence-electron chi connectivity index (χ4n) is 3.85. The number of aromatic nitrogens is 1. The van der Waals surface area contributed by atoms with Crippen LogP contribution < -0.4 is 5.32 Å². The molecule has 0 spiro atoms. The minimum absolute atomic E-state index is 0.0976. The molecule has 0 fully saturated rings. The monoisotopic (exact) mass is 487 g/mol. The van der Waals surface area contributed by atoms with E-state index < -0.39 is 5.97 Å². The Bertz CT molecular complexity index is 1600. The van der Waals surface area contributed by atoms with E-state index in [1.165, 1.54) is 6.20 Å². The number of benzene rings is 3. The van der Waals surface area contributed by atoms with E-state index in [9.17, 15) is 14.7 Å². The van der Waals surface area contributed by atoms with Crippen molar-refractivity contribution in [2.45, 2.75) is 0 Å². The van der Waals surface area contributed by atoms with Gasteiger partial charge in [-0.05, 0) is 30.3 Å². The van der Waals surface area contributed by atoms with E-state index in [2.05, 4.69) is 15.3 Å². The Labute approximate surface area is 212 Å². The molecule has 2 aromatic heterocycles. The maximum absolute atomic E-state index is 12.8. The molecule has 1 amide bonds. The highest BCUT2D eigenvalue weighted by Gasteiger charge is 2.18. The zero-order valence-corrected chi connectivity index (χ0v) is 19.5. The number of aliphatic imine (C=N–C) groups is 1. The molecular weight excluding hydrogens is 466 g/mol. The zero-order valence-electron chi connectivity index (χ0n) is 19.5. The molecule has 180 valence electrons. The second kappa shape index (κ2) is 10.5. The number of nitrogens with zero attached hydrogens (tertiary/aromatic N) is 2. The summed E-state index contributed by atoms with van der Waals surface area (Å²) in [6.07, 6.45) is 2.83. The van der Waals surface area contributed by atoms with Gasteiger partial charge < -0.3 is 14.8 Å². The number of nitrogens with one attached hydrogen (secondary N) is 1. The van der Waals surface area contributed by atoms with Crippen LogP contribution in [0.2, 0.25) is 0 Å². The molecule has 7 nitrogen and oxygen atoms in total. The summed E-state index contributed by atoms with van der Waals surface area (Å²) >= 11 is 0. The Kier molecular flexibility index (Phi) is 6.67. The molecule has 2 N–H and O–H groups in total. The number of carboxylic acid groups (broad SMARTS) is 1. The third-order valence-corrected chi connectivity index (χ3v) is 5.62. The van der Waals surface area contributed by atoms with Crippen LogP contribution in [0.3, 0.4) is 0 Å². The van der Waals surface area contributed by atoms with E-state index in [0.29, 0.717) is 22.5 Å². The first-order valence-electron chi connectivity index (χ1n) is 11.5. The Morgan fingerprint density at radius 3 is 2.35 bits per heavy atom. The van der Waals surface area contributed by atoms with Gasteiger partial charge in [-0.15, -0.1) is 0 Å². The molecular formula is C30H21N3O4. The first kappa shape index (κ1) is 23.4. The predicted molar refractivity (Wildman–Crippen MR) is 143 cm³/mol. The number of carbonyl (C=O) groups is 2. The van der Waals surface area contributed by atoms with Crippen molar-refractivity contribution in [3.05, 3.63) is 138 Å². The highest BCUT2D eigenvalue weighted by atomic mass is 16.4. The van der Waals surface area contributed by atoms with Crippen LogP contribution in [0.4, 0.5) is 5.69 Å². The van der Waals surface area contributed by atoms with Gasteiger partial charge in [0.2, 0.25) is 0 Å². The summed E-state index contributed by atoms with van der Waals surface area (Å²) < 4.78 is 5.78. The van der Waals surface area contributed by atoms with Crippen molar-refractivity contribution < 1.29 is 19.1 Å². The molecule has 0 saturated carbocycles. The number of para-hydroxylation sites is 2. The number of carboxylic acids is 1. The molecule has 2 heterocycles. The number of pyridine rings is 1. The lowest BCUT2D eigenvalue weighted by Crippen LogP contribution is -2.16. The van der Waals surface area contributed by atoms with E-state index in [0.717, 1.165) is 10.9 Å². The number of anilines is 1. The fraction of sp³-hybridized carbons (Fsp3) is 0. The van der Waals surface area contributed by atoms with Crippen LogP contribution in [0.5, 0.6) is 0 Å². The van der Waals surface area contributed by atoms with Crippen LogP contribution in [-0.4, -0.2) is 27.7 Å². The van der Waals surface area contributed by atoms with Crippen molar-refractivity contribution in [1.29, 1.82) is 0 Å². The van der Waals surface area contributed by atoms with Gasteiger partial charge >= 0.3 is 5.97 Å². The molecule has 0 bridgehead atoms. The Morgan fingerprint density at radius 1 is 0.865 bits per heavy atom. The Balaban J connectivity index is 1.60. The second-order valence-electron chi connectivity index (χ2n) is 8.05. The molecule has 0 radical (unpaired) electrons. The van der Waals surface area contributed by atoms with Crippen molar-refractivity contribution in [2.24, 2.45) is 4.99 Å². The summed E-state index contributed by atoms with van der Waals surface area (Å²) in [6, 6.07) is 30.6. The standard InChI is InChI=1S/C30H21N3O4/c34-29(25-15-8-9-17-31-25)33-24-14-6-5-13-22(24)28(20-10-2-1-3-11-20)32-19-23(30(35)36)27-18-21-12-4-7-16-26(21)37-27/h1-19H,(H,33,34)(H,35,36)/b23-19-,32-28?. The van der Waals surface area contributed by atoms with Crippen molar-refractivity contribution >= 4 is 39.8 Å². The Morgan fingerprint density at radius 2 is 1.59 bits per heavy atom. The van der Waals surface area contributed by atoms with Gasteiger partial charge in [-0.25, -0.2) is 4.79 Å². The number of furan rings is 1. The van der Waals surface area contributed by atoms with Crippen LogP contribution in [0.1, 0.15) is 27.4 Å². The average molecular weight is 488 g/mol. The van der Waals surface area contributed by atoms with Crippen molar-refractivity contribution in [2.75, 3.05) is 5.32 Å². The Hall–Kier alpha value is -5.30. The number of fused-ring (bicyclic) bond motifs is 1. The maximum Gasteiger partial charge on any atom is 0.341 e. The van der Waals surface area contributed by atoms with Gasteiger partial charge in [-0.2, -0.15) is 0 Å². The van der Waals surface area contributed by atoms with Gasteiger partial charge in [0.15, 0.2) is 0 Å². The second-order valence-corrected chi connectivity index (χ2v) is 8.05. The van der Waals surface area contributed by atoms with Crippen LogP contribution in [-0.2, 0) is 4.79 Å². The molecule has 5 aromatic rings. The molecule has 5 rings (SSSR count). The first-order valence-corrected chi connectivity index (χ1v) is 11.5. The molecule has 0 aliphatic rings. The van der Waals surface area contributed by atoms with Crippen LogP contribution in [0, 0.1) is 0 Å². The molecule has 0 saturated heterocycles. The minimum atomic E-state index is -1.17. The minimum Gasteiger partial charge on any atom is -0.477 e. The summed E-state index contributed by atoms with van der Waals surface area (Å²) in [7, 11) is 0. The van der Waals surface area contributed by atoms with Crippen molar-refractivity contribution in [1.82, 2.24) is 4.98 Å². The molecule has 0 unspecified atom stereocenters. The lowest BCUT2D eigenvalue weighted by atomic mass is 10.00. The molecule has 0 aliphatic carbocycles.